The summed E-state index contributed by atoms with van der Waals surface area (Å²) in [6.45, 7) is 2.96. The van der Waals surface area contributed by atoms with Gasteiger partial charge in [-0.1, -0.05) is 12.1 Å². The molecular formula is C13H19NO2. The summed E-state index contributed by atoms with van der Waals surface area (Å²) in [6, 6.07) is 8.24. The molecule has 0 unspecified atom stereocenters. The van der Waals surface area contributed by atoms with Crippen molar-refractivity contribution in [2.75, 3.05) is 13.7 Å². The Balaban J connectivity index is 1.87. The van der Waals surface area contributed by atoms with Crippen LogP contribution in [0.25, 0.3) is 0 Å². The molecule has 1 aliphatic heterocycles. The van der Waals surface area contributed by atoms with E-state index in [0.29, 0.717) is 0 Å². The highest BCUT2D eigenvalue weighted by molar-refractivity contribution is 5.27. The molecule has 0 aromatic heterocycles. The molecule has 2 N–H and O–H groups in total. The molecule has 3 nitrogen and oxygen atoms in total. The fourth-order valence-corrected chi connectivity index (χ4v) is 1.93. The van der Waals surface area contributed by atoms with Gasteiger partial charge in [-0.15, -0.1) is 0 Å². The standard InChI is InChI=1S/C13H19NO2/c1-13(9-16-13)8-11(14)7-10-3-5-12(15-2)6-4-10/h3-6,11H,7-9,14H2,1-2H3/t11-,13+/m1/s1. The first-order chi connectivity index (χ1) is 7.61. The van der Waals surface area contributed by atoms with Gasteiger partial charge in [-0.05, 0) is 37.5 Å². The lowest BCUT2D eigenvalue weighted by Gasteiger charge is -2.14. The van der Waals surface area contributed by atoms with E-state index in [4.69, 9.17) is 15.2 Å². The van der Waals surface area contributed by atoms with Gasteiger partial charge in [-0.3, -0.25) is 0 Å². The zero-order valence-electron chi connectivity index (χ0n) is 9.90. The van der Waals surface area contributed by atoms with Crippen molar-refractivity contribution < 1.29 is 9.47 Å². The van der Waals surface area contributed by atoms with Crippen LogP contribution >= 0.6 is 0 Å². The molecule has 1 aromatic carbocycles. The molecule has 1 aliphatic rings. The first-order valence-corrected chi connectivity index (χ1v) is 5.64. The van der Waals surface area contributed by atoms with Crippen LogP contribution < -0.4 is 10.5 Å². The monoisotopic (exact) mass is 221 g/mol. The average Bonchev–Trinajstić information content (AvgIpc) is 2.96. The van der Waals surface area contributed by atoms with Crippen LogP contribution in [0.2, 0.25) is 0 Å². The smallest absolute Gasteiger partial charge is 0.118 e. The number of methoxy groups -OCH3 is 1. The maximum atomic E-state index is 6.09. The zero-order valence-corrected chi connectivity index (χ0v) is 9.90. The third kappa shape index (κ3) is 2.97. The quantitative estimate of drug-likeness (QED) is 0.770. The van der Waals surface area contributed by atoms with Crippen molar-refractivity contribution in [3.63, 3.8) is 0 Å². The van der Waals surface area contributed by atoms with E-state index in [2.05, 4.69) is 19.1 Å². The van der Waals surface area contributed by atoms with Crippen LogP contribution in [-0.4, -0.2) is 25.4 Å². The Kier molecular flexibility index (Phi) is 3.17. The minimum Gasteiger partial charge on any atom is -0.497 e. The van der Waals surface area contributed by atoms with E-state index in [1.165, 1.54) is 5.56 Å². The molecular weight excluding hydrogens is 202 g/mol. The Labute approximate surface area is 96.5 Å². The van der Waals surface area contributed by atoms with Gasteiger partial charge in [0.1, 0.15) is 5.75 Å². The first kappa shape index (κ1) is 11.4. The van der Waals surface area contributed by atoms with Crippen LogP contribution in [0.5, 0.6) is 5.75 Å². The molecule has 1 heterocycles. The van der Waals surface area contributed by atoms with E-state index < -0.39 is 0 Å². The second-order valence-corrected chi connectivity index (χ2v) is 4.75. The number of rotatable bonds is 5. The summed E-state index contributed by atoms with van der Waals surface area (Å²) < 4.78 is 10.5. The predicted octanol–water partition coefficient (Wildman–Crippen LogP) is 1.74. The maximum absolute atomic E-state index is 6.09. The number of ether oxygens (including phenoxy) is 2. The van der Waals surface area contributed by atoms with Crippen molar-refractivity contribution in [3.8, 4) is 5.75 Å². The molecule has 1 fully saturated rings. The molecule has 1 saturated heterocycles. The van der Waals surface area contributed by atoms with Crippen molar-refractivity contribution in [1.29, 1.82) is 0 Å². The average molecular weight is 221 g/mol. The van der Waals surface area contributed by atoms with Crippen molar-refractivity contribution in [2.45, 2.75) is 31.4 Å². The van der Waals surface area contributed by atoms with Gasteiger partial charge in [-0.25, -0.2) is 0 Å². The van der Waals surface area contributed by atoms with Crippen molar-refractivity contribution in [3.05, 3.63) is 29.8 Å². The maximum Gasteiger partial charge on any atom is 0.118 e. The van der Waals surface area contributed by atoms with Gasteiger partial charge in [0.05, 0.1) is 19.3 Å². The number of hydrogen-bond donors (Lipinski definition) is 1. The van der Waals surface area contributed by atoms with Crippen molar-refractivity contribution >= 4 is 0 Å². The summed E-state index contributed by atoms with van der Waals surface area (Å²) in [5.41, 5.74) is 7.39. The van der Waals surface area contributed by atoms with Gasteiger partial charge in [-0.2, -0.15) is 0 Å². The molecule has 1 aromatic rings. The molecule has 0 radical (unpaired) electrons. The molecule has 0 spiro atoms. The number of epoxide rings is 1. The van der Waals surface area contributed by atoms with Crippen LogP contribution in [0.15, 0.2) is 24.3 Å². The molecule has 0 saturated carbocycles. The molecule has 3 heteroatoms. The lowest BCUT2D eigenvalue weighted by molar-refractivity contribution is 0.292. The van der Waals surface area contributed by atoms with Crippen LogP contribution in [0.3, 0.4) is 0 Å². The summed E-state index contributed by atoms with van der Waals surface area (Å²) in [5, 5.41) is 0. The molecule has 0 aliphatic carbocycles. The third-order valence-corrected chi connectivity index (χ3v) is 2.99. The lowest BCUT2D eigenvalue weighted by Crippen LogP contribution is -2.28. The molecule has 0 bridgehead atoms. The fourth-order valence-electron chi connectivity index (χ4n) is 1.93. The van der Waals surface area contributed by atoms with Gasteiger partial charge >= 0.3 is 0 Å². The van der Waals surface area contributed by atoms with Gasteiger partial charge in [0, 0.05) is 6.04 Å². The Morgan fingerprint density at radius 3 is 2.56 bits per heavy atom. The highest BCUT2D eigenvalue weighted by Gasteiger charge is 2.40. The highest BCUT2D eigenvalue weighted by Crippen LogP contribution is 2.31. The largest absolute Gasteiger partial charge is 0.497 e. The van der Waals surface area contributed by atoms with Crippen LogP contribution in [0.4, 0.5) is 0 Å². The second kappa shape index (κ2) is 4.44. The predicted molar refractivity (Wildman–Crippen MR) is 63.6 cm³/mol. The number of hydrogen-bond acceptors (Lipinski definition) is 3. The summed E-state index contributed by atoms with van der Waals surface area (Å²) in [5.74, 6) is 0.884. The highest BCUT2D eigenvalue weighted by atomic mass is 16.6. The van der Waals surface area contributed by atoms with E-state index >= 15 is 0 Å². The first-order valence-electron chi connectivity index (χ1n) is 5.64. The Bertz CT molecular complexity index is 343. The number of benzene rings is 1. The van der Waals surface area contributed by atoms with E-state index in [-0.39, 0.29) is 11.6 Å². The lowest BCUT2D eigenvalue weighted by atomic mass is 9.97. The molecule has 16 heavy (non-hydrogen) atoms. The van der Waals surface area contributed by atoms with Crippen LogP contribution in [-0.2, 0) is 11.2 Å². The van der Waals surface area contributed by atoms with Crippen molar-refractivity contribution in [2.24, 2.45) is 5.73 Å². The fraction of sp³-hybridized carbons (Fsp3) is 0.538. The summed E-state index contributed by atoms with van der Waals surface area (Å²) >= 11 is 0. The minimum atomic E-state index is 0.0475. The molecule has 2 rings (SSSR count). The van der Waals surface area contributed by atoms with Crippen LogP contribution in [0.1, 0.15) is 18.9 Å². The second-order valence-electron chi connectivity index (χ2n) is 4.75. The van der Waals surface area contributed by atoms with Gasteiger partial charge in [0.2, 0.25) is 0 Å². The van der Waals surface area contributed by atoms with Gasteiger partial charge in [0.25, 0.3) is 0 Å². The third-order valence-electron chi connectivity index (χ3n) is 2.99. The van der Waals surface area contributed by atoms with Crippen molar-refractivity contribution in [1.82, 2.24) is 0 Å². The van der Waals surface area contributed by atoms with Gasteiger partial charge < -0.3 is 15.2 Å². The zero-order chi connectivity index (χ0) is 11.6. The normalized spacial score (nSPS) is 25.2. The minimum absolute atomic E-state index is 0.0475. The number of nitrogens with two attached hydrogens (primary N) is 1. The Morgan fingerprint density at radius 1 is 1.44 bits per heavy atom. The van der Waals surface area contributed by atoms with E-state index in [1.54, 1.807) is 7.11 Å². The summed E-state index contributed by atoms with van der Waals surface area (Å²) in [7, 11) is 1.67. The summed E-state index contributed by atoms with van der Waals surface area (Å²) in [6.07, 6.45) is 1.82. The molecule has 2 atom stereocenters. The van der Waals surface area contributed by atoms with Gasteiger partial charge in [0.15, 0.2) is 0 Å². The van der Waals surface area contributed by atoms with E-state index in [9.17, 15) is 0 Å². The Hall–Kier alpha value is -1.06. The van der Waals surface area contributed by atoms with Crippen LogP contribution in [0, 0.1) is 0 Å². The van der Waals surface area contributed by atoms with E-state index in [0.717, 1.165) is 25.2 Å². The summed E-state index contributed by atoms with van der Waals surface area (Å²) in [4.78, 5) is 0. The SMILES string of the molecule is COc1ccc(C[C@@H](N)C[C@@]2(C)CO2)cc1. The van der Waals surface area contributed by atoms with E-state index in [1.807, 2.05) is 12.1 Å². The molecule has 0 amide bonds. The Morgan fingerprint density at radius 2 is 2.06 bits per heavy atom. The molecule has 88 valence electrons. The topological polar surface area (TPSA) is 47.8 Å².